The second kappa shape index (κ2) is 13.0. The monoisotopic (exact) mass is 398 g/mol. The highest BCUT2D eigenvalue weighted by Gasteiger charge is 2.00. The molecule has 0 spiro atoms. The van der Waals surface area contributed by atoms with E-state index in [9.17, 15) is 19.2 Å². The molecule has 0 unspecified atom stereocenters. The second-order valence-corrected chi connectivity index (χ2v) is 5.17. The van der Waals surface area contributed by atoms with Crippen LogP contribution >= 0.6 is 0 Å². The van der Waals surface area contributed by atoms with E-state index in [1.54, 1.807) is 30.3 Å². The number of aliphatic carboxylic acids is 2. The van der Waals surface area contributed by atoms with Crippen molar-refractivity contribution in [2.45, 2.75) is 6.61 Å². The molecule has 0 bridgehead atoms. The predicted octanol–water partition coefficient (Wildman–Crippen LogP) is 2.60. The van der Waals surface area contributed by atoms with Crippen LogP contribution in [0.15, 0.2) is 85.0 Å². The van der Waals surface area contributed by atoms with Gasteiger partial charge in [0.25, 0.3) is 0 Å². The van der Waals surface area contributed by atoms with Gasteiger partial charge >= 0.3 is 23.9 Å². The highest BCUT2D eigenvalue weighted by molar-refractivity contribution is 5.92. The molecular formula is C21H18O8. The maximum atomic E-state index is 10.9. The number of carbonyl (C=O) groups is 4. The first-order valence-corrected chi connectivity index (χ1v) is 8.16. The summed E-state index contributed by atoms with van der Waals surface area (Å²) < 4.78 is 9.57. The van der Waals surface area contributed by atoms with Crippen molar-refractivity contribution in [2.75, 3.05) is 0 Å². The second-order valence-electron chi connectivity index (χ2n) is 5.17. The van der Waals surface area contributed by atoms with Gasteiger partial charge in [0, 0.05) is 24.3 Å². The van der Waals surface area contributed by atoms with Crippen molar-refractivity contribution in [1.29, 1.82) is 0 Å². The van der Waals surface area contributed by atoms with Gasteiger partial charge in [-0.2, -0.15) is 0 Å². The molecular weight excluding hydrogens is 380 g/mol. The van der Waals surface area contributed by atoms with Gasteiger partial charge in [0.15, 0.2) is 0 Å². The van der Waals surface area contributed by atoms with Crippen molar-refractivity contribution in [2.24, 2.45) is 0 Å². The zero-order valence-electron chi connectivity index (χ0n) is 15.1. The third kappa shape index (κ3) is 11.9. The van der Waals surface area contributed by atoms with Crippen LogP contribution in [-0.2, 0) is 30.5 Å². The smallest absolute Gasteiger partial charge is 0.336 e. The van der Waals surface area contributed by atoms with E-state index < -0.39 is 23.9 Å². The minimum atomic E-state index is -1.19. The Labute approximate surface area is 166 Å². The maximum absolute atomic E-state index is 10.9. The first-order chi connectivity index (χ1) is 13.9. The number of rotatable bonds is 7. The van der Waals surface area contributed by atoms with E-state index in [1.165, 1.54) is 0 Å². The minimum Gasteiger partial charge on any atom is -0.478 e. The molecule has 8 nitrogen and oxygen atoms in total. The summed E-state index contributed by atoms with van der Waals surface area (Å²) in [5.74, 6) is -3.35. The van der Waals surface area contributed by atoms with Crippen LogP contribution in [0.2, 0.25) is 0 Å². The number of carbonyl (C=O) groups excluding carboxylic acids is 2. The normalized spacial score (nSPS) is 10.1. The number of para-hydroxylation sites is 1. The molecule has 0 atom stereocenters. The summed E-state index contributed by atoms with van der Waals surface area (Å²) in [5, 5.41) is 16.5. The van der Waals surface area contributed by atoms with E-state index in [2.05, 4.69) is 0 Å². The molecule has 0 aliphatic carbocycles. The van der Waals surface area contributed by atoms with Gasteiger partial charge < -0.3 is 19.7 Å². The number of esters is 2. The lowest BCUT2D eigenvalue weighted by atomic mass is 10.2. The summed E-state index contributed by atoms with van der Waals surface area (Å²) in [6.45, 7) is 0.142. The molecule has 2 aromatic carbocycles. The van der Waals surface area contributed by atoms with E-state index in [1.807, 2.05) is 30.3 Å². The molecule has 0 saturated heterocycles. The Bertz CT molecular complexity index is 870. The summed E-state index contributed by atoms with van der Waals surface area (Å²) in [7, 11) is 0. The van der Waals surface area contributed by atoms with Gasteiger partial charge in [-0.3, -0.25) is 0 Å². The molecule has 0 amide bonds. The van der Waals surface area contributed by atoms with Gasteiger partial charge in [0.2, 0.25) is 0 Å². The third-order valence-corrected chi connectivity index (χ3v) is 2.91. The van der Waals surface area contributed by atoms with Crippen LogP contribution < -0.4 is 4.74 Å². The molecule has 0 saturated carbocycles. The Morgan fingerprint density at radius 1 is 0.690 bits per heavy atom. The molecule has 2 aromatic rings. The highest BCUT2D eigenvalue weighted by Crippen LogP contribution is 2.08. The van der Waals surface area contributed by atoms with Crippen LogP contribution in [0.3, 0.4) is 0 Å². The van der Waals surface area contributed by atoms with Crippen LogP contribution in [0.25, 0.3) is 0 Å². The molecule has 0 heterocycles. The summed E-state index contributed by atoms with van der Waals surface area (Å²) in [4.78, 5) is 42.0. The lowest BCUT2D eigenvalue weighted by molar-refractivity contribution is -0.139. The number of hydrogen-bond donors (Lipinski definition) is 2. The lowest BCUT2D eigenvalue weighted by Gasteiger charge is -2.00. The summed E-state index contributed by atoms with van der Waals surface area (Å²) >= 11 is 0. The van der Waals surface area contributed by atoms with E-state index >= 15 is 0 Å². The van der Waals surface area contributed by atoms with Crippen LogP contribution in [0.1, 0.15) is 5.56 Å². The standard InChI is InChI=1S/C11H10O4.C10H8O4/c12-10(13)6-7-11(14)15-8-9-4-2-1-3-5-9;11-9(12)6-7-10(13)14-8-4-2-1-3-5-8/h1-7H,8H2,(H,12,13);1-7H,(H,11,12)/b7-6-;7-6+. The topological polar surface area (TPSA) is 127 Å². The van der Waals surface area contributed by atoms with E-state index in [4.69, 9.17) is 19.7 Å². The SMILES string of the molecule is O=C(O)/C=C/C(=O)Oc1ccccc1.O=C(O)/C=C\C(=O)OCc1ccccc1. The highest BCUT2D eigenvalue weighted by atomic mass is 16.5. The maximum Gasteiger partial charge on any atom is 0.336 e. The van der Waals surface area contributed by atoms with Gasteiger partial charge in [-0.1, -0.05) is 48.5 Å². The van der Waals surface area contributed by atoms with Crippen LogP contribution in [-0.4, -0.2) is 34.1 Å². The lowest BCUT2D eigenvalue weighted by Crippen LogP contribution is -2.04. The van der Waals surface area contributed by atoms with Crippen molar-refractivity contribution in [3.05, 3.63) is 90.5 Å². The Hall–Kier alpha value is -4.20. The zero-order chi connectivity index (χ0) is 21.5. The fourth-order valence-corrected chi connectivity index (χ4v) is 1.69. The first-order valence-electron chi connectivity index (χ1n) is 8.16. The van der Waals surface area contributed by atoms with Crippen LogP contribution in [0, 0.1) is 0 Å². The molecule has 2 N–H and O–H groups in total. The summed E-state index contributed by atoms with van der Waals surface area (Å²) in [5.41, 5.74) is 0.856. The third-order valence-electron chi connectivity index (χ3n) is 2.91. The Morgan fingerprint density at radius 2 is 1.17 bits per heavy atom. The average Bonchev–Trinajstić information content (AvgIpc) is 2.71. The number of carboxylic acids is 2. The van der Waals surface area contributed by atoms with E-state index in [0.717, 1.165) is 29.9 Å². The van der Waals surface area contributed by atoms with Crippen molar-refractivity contribution in [1.82, 2.24) is 0 Å². The molecule has 2 rings (SSSR count). The largest absolute Gasteiger partial charge is 0.478 e. The number of hydrogen-bond acceptors (Lipinski definition) is 6. The summed E-state index contributed by atoms with van der Waals surface area (Å²) in [6.07, 6.45) is 3.21. The van der Waals surface area contributed by atoms with E-state index in [0.29, 0.717) is 5.75 Å². The fraction of sp³-hybridized carbons (Fsp3) is 0.0476. The number of carboxylic acid groups (broad SMARTS) is 2. The van der Waals surface area contributed by atoms with Crippen LogP contribution in [0.5, 0.6) is 5.75 Å². The fourth-order valence-electron chi connectivity index (χ4n) is 1.69. The number of ether oxygens (including phenoxy) is 2. The van der Waals surface area contributed by atoms with Gasteiger partial charge in [0.1, 0.15) is 12.4 Å². The molecule has 0 radical (unpaired) electrons. The van der Waals surface area contributed by atoms with Gasteiger partial charge in [0.05, 0.1) is 0 Å². The zero-order valence-corrected chi connectivity index (χ0v) is 15.1. The molecule has 150 valence electrons. The molecule has 0 aliphatic rings. The van der Waals surface area contributed by atoms with Gasteiger partial charge in [-0.15, -0.1) is 0 Å². The van der Waals surface area contributed by atoms with Crippen molar-refractivity contribution in [3.63, 3.8) is 0 Å². The minimum absolute atomic E-state index is 0.142. The predicted molar refractivity (Wildman–Crippen MR) is 102 cm³/mol. The van der Waals surface area contributed by atoms with Crippen molar-refractivity contribution in [3.8, 4) is 5.75 Å². The van der Waals surface area contributed by atoms with E-state index in [-0.39, 0.29) is 6.61 Å². The first kappa shape index (κ1) is 22.8. The van der Waals surface area contributed by atoms with Crippen molar-refractivity contribution >= 4 is 23.9 Å². The number of benzene rings is 2. The Morgan fingerprint density at radius 3 is 1.69 bits per heavy atom. The van der Waals surface area contributed by atoms with Crippen LogP contribution in [0.4, 0.5) is 0 Å². The molecule has 0 fully saturated rings. The van der Waals surface area contributed by atoms with Crippen molar-refractivity contribution < 1.29 is 38.9 Å². The summed E-state index contributed by atoms with van der Waals surface area (Å²) in [6, 6.07) is 17.6. The Kier molecular flexibility index (Phi) is 10.3. The Balaban J connectivity index is 0.000000291. The van der Waals surface area contributed by atoms with Gasteiger partial charge in [-0.25, -0.2) is 19.2 Å². The molecule has 0 aromatic heterocycles. The quantitative estimate of drug-likeness (QED) is 0.414. The molecule has 29 heavy (non-hydrogen) atoms. The molecule has 0 aliphatic heterocycles. The van der Waals surface area contributed by atoms with Gasteiger partial charge in [-0.05, 0) is 17.7 Å². The average molecular weight is 398 g/mol. The molecule has 8 heteroatoms.